The number of benzene rings is 2. The molecule has 2 aromatic carbocycles. The third-order valence-corrected chi connectivity index (χ3v) is 6.46. The van der Waals surface area contributed by atoms with Gasteiger partial charge in [-0.1, -0.05) is 115 Å². The summed E-state index contributed by atoms with van der Waals surface area (Å²) in [4.78, 5) is 23.4. The van der Waals surface area contributed by atoms with Crippen LogP contribution in [0.1, 0.15) is 114 Å². The van der Waals surface area contributed by atoms with E-state index in [4.69, 9.17) is 0 Å². The Kier molecular flexibility index (Phi) is 20.9. The fourth-order valence-electron chi connectivity index (χ4n) is 3.89. The van der Waals surface area contributed by atoms with Crippen LogP contribution in [0, 0.1) is 0 Å². The van der Waals surface area contributed by atoms with E-state index < -0.39 is 0 Å². The molecule has 2 N–H and O–H groups in total. The molecule has 0 saturated heterocycles. The minimum atomic E-state index is 0. The molecule has 5 heteroatoms. The monoisotopic (exact) mass is 584 g/mol. The number of unbranched alkanes of at least 4 members (excludes halogenated alkanes) is 6. The number of allylic oxidation sites excluding steroid dienone is 2. The molecule has 0 bridgehead atoms. The number of hydrogen-bond acceptors (Lipinski definition) is 4. The number of carbonyl (C=O) groups excluding carboxylic acids is 2. The Morgan fingerprint density at radius 1 is 0.564 bits per heavy atom. The molecule has 0 aliphatic heterocycles. The van der Waals surface area contributed by atoms with Crippen molar-refractivity contribution in [2.75, 3.05) is 0 Å². The molecule has 4 nitrogen and oxygen atoms in total. The summed E-state index contributed by atoms with van der Waals surface area (Å²) in [7, 11) is 0. The second-order valence-electron chi connectivity index (χ2n) is 9.71. The van der Waals surface area contributed by atoms with Crippen LogP contribution in [0.4, 0.5) is 0 Å². The first-order valence-corrected chi connectivity index (χ1v) is 14.4. The first-order valence-electron chi connectivity index (χ1n) is 14.4. The van der Waals surface area contributed by atoms with Gasteiger partial charge in [0.15, 0.2) is 11.6 Å². The van der Waals surface area contributed by atoms with E-state index in [0.717, 1.165) is 38.5 Å². The molecule has 39 heavy (non-hydrogen) atoms. The molecule has 2 aromatic rings. The van der Waals surface area contributed by atoms with Gasteiger partial charge in [0.05, 0.1) is 0 Å². The number of rotatable bonds is 16. The van der Waals surface area contributed by atoms with Crippen LogP contribution < -0.4 is 0 Å². The molecule has 0 aliphatic carbocycles. The van der Waals surface area contributed by atoms with Gasteiger partial charge in [0.25, 0.3) is 0 Å². The molecule has 210 valence electrons. The van der Waals surface area contributed by atoms with Crippen LogP contribution in [0.15, 0.2) is 60.7 Å². The molecule has 0 aliphatic rings. The van der Waals surface area contributed by atoms with E-state index in [9.17, 15) is 19.8 Å². The van der Waals surface area contributed by atoms with Gasteiger partial charge in [-0.3, -0.25) is 9.59 Å². The molecular formula is C34H48O4Zn. The fourth-order valence-corrected chi connectivity index (χ4v) is 3.89. The van der Waals surface area contributed by atoms with Crippen LogP contribution in [-0.4, -0.2) is 21.8 Å². The zero-order chi connectivity index (χ0) is 28.2. The van der Waals surface area contributed by atoms with E-state index >= 15 is 0 Å². The van der Waals surface area contributed by atoms with Crippen LogP contribution >= 0.6 is 0 Å². The Morgan fingerprint density at radius 3 is 1.18 bits per heavy atom. The van der Waals surface area contributed by atoms with Gasteiger partial charge in [0, 0.05) is 55.6 Å². The molecule has 2 rings (SSSR count). The molecule has 0 aromatic heterocycles. The molecule has 0 radical (unpaired) electrons. The average Bonchev–Trinajstić information content (AvgIpc) is 2.94. The topological polar surface area (TPSA) is 74.6 Å². The van der Waals surface area contributed by atoms with Crippen molar-refractivity contribution in [3.8, 4) is 0 Å². The largest absolute Gasteiger partial charge is 0.507 e. The van der Waals surface area contributed by atoms with Crippen LogP contribution in [0.5, 0.6) is 0 Å². The molecular weight excluding hydrogens is 538 g/mol. The van der Waals surface area contributed by atoms with Crippen molar-refractivity contribution in [1.82, 2.24) is 0 Å². The molecule has 0 spiro atoms. The van der Waals surface area contributed by atoms with Gasteiger partial charge >= 0.3 is 0 Å². The summed E-state index contributed by atoms with van der Waals surface area (Å²) in [6.45, 7) is 8.47. The maximum absolute atomic E-state index is 11.7. The smallest absolute Gasteiger partial charge is 0.159 e. The zero-order valence-corrected chi connectivity index (χ0v) is 27.6. The Bertz CT molecular complexity index is 921. The molecule has 0 heterocycles. The number of aliphatic hydroxyl groups excluding tert-OH is 2. The summed E-state index contributed by atoms with van der Waals surface area (Å²) in [5, 5.41) is 19.8. The van der Waals surface area contributed by atoms with E-state index in [-0.39, 0.29) is 42.6 Å². The number of aryl methyl sites for hydroxylation is 2. The number of hydrogen-bond donors (Lipinski definition) is 2. The first-order chi connectivity index (χ1) is 18.3. The quantitative estimate of drug-likeness (QED) is 0.0890. The van der Waals surface area contributed by atoms with Gasteiger partial charge in [0.2, 0.25) is 0 Å². The van der Waals surface area contributed by atoms with Crippen LogP contribution in [0.3, 0.4) is 0 Å². The summed E-state index contributed by atoms with van der Waals surface area (Å²) in [5.41, 5.74) is 3.86. The van der Waals surface area contributed by atoms with Crippen molar-refractivity contribution in [3.05, 3.63) is 82.9 Å². The van der Waals surface area contributed by atoms with E-state index in [2.05, 4.69) is 27.7 Å². The molecule has 0 unspecified atom stereocenters. The molecule has 0 fully saturated rings. The predicted molar refractivity (Wildman–Crippen MR) is 160 cm³/mol. The fraction of sp³-hybridized carbons (Fsp3) is 0.471. The Balaban J connectivity index is 0.000000722. The SMILES string of the molecule is CCCCCCC(=O)C=C(O)c1ccc(CC)cc1.CCCCCCC(=O)C=C(O)c1ccc(CC)cc1.[Zn]. The third kappa shape index (κ3) is 16.2. The summed E-state index contributed by atoms with van der Waals surface area (Å²) in [5.74, 6) is 0.160. The van der Waals surface area contributed by atoms with Gasteiger partial charge in [-0.25, -0.2) is 0 Å². The van der Waals surface area contributed by atoms with E-state index in [0.29, 0.717) is 24.0 Å². The number of aliphatic hydroxyl groups is 2. The van der Waals surface area contributed by atoms with Crippen molar-refractivity contribution in [2.24, 2.45) is 0 Å². The summed E-state index contributed by atoms with van der Waals surface area (Å²) in [6.07, 6.45) is 14.4. The summed E-state index contributed by atoms with van der Waals surface area (Å²) >= 11 is 0. The van der Waals surface area contributed by atoms with Crippen molar-refractivity contribution in [3.63, 3.8) is 0 Å². The van der Waals surface area contributed by atoms with Crippen molar-refractivity contribution >= 4 is 23.1 Å². The van der Waals surface area contributed by atoms with Gasteiger partial charge in [-0.05, 0) is 36.8 Å². The summed E-state index contributed by atoms with van der Waals surface area (Å²) < 4.78 is 0. The average molecular weight is 586 g/mol. The molecule has 0 atom stereocenters. The first kappa shape index (κ1) is 36.5. The predicted octanol–water partition coefficient (Wildman–Crippen LogP) is 9.37. The maximum atomic E-state index is 11.7. The van der Waals surface area contributed by atoms with Gasteiger partial charge in [0.1, 0.15) is 11.5 Å². The minimum absolute atomic E-state index is 0. The van der Waals surface area contributed by atoms with Gasteiger partial charge in [-0.15, -0.1) is 0 Å². The minimum Gasteiger partial charge on any atom is -0.507 e. The van der Waals surface area contributed by atoms with Gasteiger partial charge < -0.3 is 10.2 Å². The normalized spacial score (nSPS) is 11.3. The number of carbonyl (C=O) groups is 2. The second-order valence-corrected chi connectivity index (χ2v) is 9.71. The van der Waals surface area contributed by atoms with Gasteiger partial charge in [-0.2, -0.15) is 0 Å². The van der Waals surface area contributed by atoms with E-state index in [1.54, 1.807) is 0 Å². The van der Waals surface area contributed by atoms with Crippen molar-refractivity contribution in [2.45, 2.75) is 105 Å². The van der Waals surface area contributed by atoms with E-state index in [1.807, 2.05) is 48.5 Å². The number of ketones is 2. The standard InChI is InChI=1S/2C17H24O2.Zn/c2*1-3-5-6-7-8-16(18)13-17(19)15-11-9-14(4-2)10-12-15;/h2*9-13,19H,3-8H2,1-2H3;. The Hall–Kier alpha value is -2.52. The molecule has 0 saturated carbocycles. The molecule has 0 amide bonds. The van der Waals surface area contributed by atoms with Crippen LogP contribution in [-0.2, 0) is 41.9 Å². The maximum Gasteiger partial charge on any atom is 0.159 e. The van der Waals surface area contributed by atoms with Crippen LogP contribution in [0.25, 0.3) is 11.5 Å². The Labute approximate surface area is 249 Å². The Morgan fingerprint density at radius 2 is 0.897 bits per heavy atom. The zero-order valence-electron chi connectivity index (χ0n) is 24.7. The van der Waals surface area contributed by atoms with E-state index in [1.165, 1.54) is 49.0 Å². The third-order valence-electron chi connectivity index (χ3n) is 6.46. The van der Waals surface area contributed by atoms with Crippen molar-refractivity contribution in [1.29, 1.82) is 0 Å². The summed E-state index contributed by atoms with van der Waals surface area (Å²) in [6, 6.07) is 15.3. The van der Waals surface area contributed by atoms with Crippen LogP contribution in [0.2, 0.25) is 0 Å². The second kappa shape index (κ2) is 22.3. The van der Waals surface area contributed by atoms with Crippen molar-refractivity contribution < 1.29 is 39.3 Å².